The lowest BCUT2D eigenvalue weighted by Gasteiger charge is -2.22. The SMILES string of the molecule is CCc1cccc(CC)c1NC(=O)[C@H]1CC(=O)N(c2ccc3c(c2)OCCO3)C1. The van der Waals surface area contributed by atoms with Gasteiger partial charge in [-0.05, 0) is 36.1 Å². The van der Waals surface area contributed by atoms with E-state index in [0.717, 1.165) is 35.3 Å². The standard InChI is InChI=1S/C23H26N2O4/c1-3-15-6-5-7-16(4-2)22(15)24-23(27)17-12-21(26)25(14-17)18-8-9-19-20(13-18)29-11-10-28-19/h5-9,13,17H,3-4,10-12,14H2,1-2H3,(H,24,27)/t17-/m0/s1. The van der Waals surface area contributed by atoms with Crippen LogP contribution in [0.1, 0.15) is 31.4 Å². The average molecular weight is 394 g/mol. The zero-order chi connectivity index (χ0) is 20.4. The summed E-state index contributed by atoms with van der Waals surface area (Å²) in [7, 11) is 0. The molecule has 2 aromatic carbocycles. The number of anilines is 2. The molecule has 1 N–H and O–H groups in total. The molecule has 1 saturated heterocycles. The molecule has 0 radical (unpaired) electrons. The summed E-state index contributed by atoms with van der Waals surface area (Å²) in [6.45, 7) is 5.53. The maximum atomic E-state index is 13.0. The number of carbonyl (C=O) groups is 2. The van der Waals surface area contributed by atoms with Gasteiger partial charge >= 0.3 is 0 Å². The number of aryl methyl sites for hydroxylation is 2. The Morgan fingerprint density at radius 1 is 1.07 bits per heavy atom. The summed E-state index contributed by atoms with van der Waals surface area (Å²) in [5, 5.41) is 3.10. The molecule has 1 fully saturated rings. The van der Waals surface area contributed by atoms with Gasteiger partial charge in [-0.3, -0.25) is 9.59 Å². The summed E-state index contributed by atoms with van der Waals surface area (Å²) in [5.74, 6) is 0.781. The second kappa shape index (κ2) is 8.15. The van der Waals surface area contributed by atoms with Crippen molar-refractivity contribution in [3.05, 3.63) is 47.5 Å². The van der Waals surface area contributed by atoms with Crippen LogP contribution in [0.25, 0.3) is 0 Å². The third-order valence-corrected chi connectivity index (χ3v) is 5.58. The smallest absolute Gasteiger partial charge is 0.229 e. The maximum Gasteiger partial charge on any atom is 0.229 e. The quantitative estimate of drug-likeness (QED) is 0.842. The van der Waals surface area contributed by atoms with E-state index in [0.29, 0.717) is 31.3 Å². The zero-order valence-electron chi connectivity index (χ0n) is 16.9. The van der Waals surface area contributed by atoms with Gasteiger partial charge in [0.05, 0.1) is 5.92 Å². The monoisotopic (exact) mass is 394 g/mol. The Morgan fingerprint density at radius 2 is 1.76 bits per heavy atom. The highest BCUT2D eigenvalue weighted by Crippen LogP contribution is 2.36. The average Bonchev–Trinajstić information content (AvgIpc) is 3.15. The molecule has 0 aliphatic carbocycles. The van der Waals surface area contributed by atoms with Gasteiger partial charge in [0.15, 0.2) is 11.5 Å². The van der Waals surface area contributed by atoms with Gasteiger partial charge in [0.25, 0.3) is 0 Å². The third-order valence-electron chi connectivity index (χ3n) is 5.58. The molecule has 0 bridgehead atoms. The van der Waals surface area contributed by atoms with Crippen LogP contribution in [0, 0.1) is 5.92 Å². The summed E-state index contributed by atoms with van der Waals surface area (Å²) in [6, 6.07) is 11.6. The first-order valence-corrected chi connectivity index (χ1v) is 10.2. The van der Waals surface area contributed by atoms with Crippen LogP contribution in [-0.4, -0.2) is 31.6 Å². The molecule has 4 rings (SSSR count). The number of hydrogen-bond acceptors (Lipinski definition) is 4. The van der Waals surface area contributed by atoms with Crippen LogP contribution in [0.2, 0.25) is 0 Å². The van der Waals surface area contributed by atoms with Crippen LogP contribution in [0.15, 0.2) is 36.4 Å². The first-order chi connectivity index (χ1) is 14.1. The maximum absolute atomic E-state index is 13.0. The van der Waals surface area contributed by atoms with Gasteiger partial charge in [-0.1, -0.05) is 32.0 Å². The Labute approximate surface area is 170 Å². The number of nitrogens with zero attached hydrogens (tertiary/aromatic N) is 1. The van der Waals surface area contributed by atoms with E-state index in [1.54, 1.807) is 4.90 Å². The number of ether oxygens (including phenoxy) is 2. The minimum atomic E-state index is -0.384. The second-order valence-electron chi connectivity index (χ2n) is 7.38. The van der Waals surface area contributed by atoms with Gasteiger partial charge in [0.1, 0.15) is 13.2 Å². The molecule has 0 unspecified atom stereocenters. The fourth-order valence-corrected chi connectivity index (χ4v) is 3.96. The van der Waals surface area contributed by atoms with Crippen molar-refractivity contribution in [1.29, 1.82) is 0 Å². The minimum Gasteiger partial charge on any atom is -0.486 e. The highest BCUT2D eigenvalue weighted by Gasteiger charge is 2.36. The van der Waals surface area contributed by atoms with E-state index in [-0.39, 0.29) is 24.2 Å². The van der Waals surface area contributed by atoms with Crippen LogP contribution in [0.3, 0.4) is 0 Å². The first-order valence-electron chi connectivity index (χ1n) is 10.2. The van der Waals surface area contributed by atoms with E-state index >= 15 is 0 Å². The molecule has 0 spiro atoms. The lowest BCUT2D eigenvalue weighted by Crippen LogP contribution is -2.28. The predicted molar refractivity (Wildman–Crippen MR) is 112 cm³/mol. The fourth-order valence-electron chi connectivity index (χ4n) is 3.96. The van der Waals surface area contributed by atoms with Gasteiger partial charge in [0, 0.05) is 30.4 Å². The number of benzene rings is 2. The first kappa shape index (κ1) is 19.3. The number of para-hydroxylation sites is 1. The summed E-state index contributed by atoms with van der Waals surface area (Å²) >= 11 is 0. The van der Waals surface area contributed by atoms with E-state index in [2.05, 4.69) is 19.2 Å². The largest absolute Gasteiger partial charge is 0.486 e. The Hall–Kier alpha value is -3.02. The Balaban J connectivity index is 1.50. The lowest BCUT2D eigenvalue weighted by molar-refractivity contribution is -0.122. The van der Waals surface area contributed by atoms with Crippen molar-refractivity contribution in [1.82, 2.24) is 0 Å². The minimum absolute atomic E-state index is 0.0543. The van der Waals surface area contributed by atoms with E-state index in [9.17, 15) is 9.59 Å². The molecule has 2 amide bonds. The molecule has 152 valence electrons. The third kappa shape index (κ3) is 3.79. The van der Waals surface area contributed by atoms with Gasteiger partial charge in [-0.15, -0.1) is 0 Å². The van der Waals surface area contributed by atoms with E-state index < -0.39 is 0 Å². The van der Waals surface area contributed by atoms with Crippen molar-refractivity contribution in [2.24, 2.45) is 5.92 Å². The van der Waals surface area contributed by atoms with E-state index in [1.807, 2.05) is 36.4 Å². The number of amides is 2. The highest BCUT2D eigenvalue weighted by molar-refractivity contribution is 6.04. The molecule has 1 atom stereocenters. The molecule has 6 heteroatoms. The van der Waals surface area contributed by atoms with Crippen LogP contribution in [0.4, 0.5) is 11.4 Å². The summed E-state index contributed by atoms with van der Waals surface area (Å²) in [5.41, 5.74) is 3.86. The van der Waals surface area contributed by atoms with E-state index in [1.165, 1.54) is 0 Å². The van der Waals surface area contributed by atoms with Crippen molar-refractivity contribution in [3.8, 4) is 11.5 Å². The number of rotatable bonds is 5. The number of carbonyl (C=O) groups excluding carboxylic acids is 2. The van der Waals surface area contributed by atoms with Gasteiger partial charge in [0.2, 0.25) is 11.8 Å². The molecule has 2 aromatic rings. The summed E-state index contributed by atoms with van der Waals surface area (Å²) in [4.78, 5) is 27.3. The van der Waals surface area contributed by atoms with Crippen molar-refractivity contribution in [2.45, 2.75) is 33.1 Å². The van der Waals surface area contributed by atoms with Crippen molar-refractivity contribution >= 4 is 23.2 Å². The van der Waals surface area contributed by atoms with Crippen LogP contribution >= 0.6 is 0 Å². The Kier molecular flexibility index (Phi) is 5.43. The lowest BCUT2D eigenvalue weighted by atomic mass is 10.0. The molecule has 2 aliphatic heterocycles. The number of nitrogens with one attached hydrogen (secondary N) is 1. The molecular formula is C23H26N2O4. The van der Waals surface area contributed by atoms with Crippen molar-refractivity contribution in [3.63, 3.8) is 0 Å². The predicted octanol–water partition coefficient (Wildman–Crippen LogP) is 3.57. The van der Waals surface area contributed by atoms with Crippen molar-refractivity contribution in [2.75, 3.05) is 30.0 Å². The van der Waals surface area contributed by atoms with Crippen LogP contribution < -0.4 is 19.7 Å². The fraction of sp³-hybridized carbons (Fsp3) is 0.391. The molecule has 0 saturated carbocycles. The molecule has 2 aliphatic rings. The normalized spacial score (nSPS) is 18.1. The zero-order valence-corrected chi connectivity index (χ0v) is 16.9. The summed E-state index contributed by atoms with van der Waals surface area (Å²) in [6.07, 6.45) is 1.89. The van der Waals surface area contributed by atoms with Crippen LogP contribution in [-0.2, 0) is 22.4 Å². The number of hydrogen-bond donors (Lipinski definition) is 1. The molecular weight excluding hydrogens is 368 g/mol. The molecule has 0 aromatic heterocycles. The Bertz CT molecular complexity index is 918. The van der Waals surface area contributed by atoms with Crippen molar-refractivity contribution < 1.29 is 19.1 Å². The molecule has 2 heterocycles. The topological polar surface area (TPSA) is 67.9 Å². The molecule has 29 heavy (non-hydrogen) atoms. The Morgan fingerprint density at radius 3 is 2.45 bits per heavy atom. The van der Waals surface area contributed by atoms with E-state index in [4.69, 9.17) is 9.47 Å². The van der Waals surface area contributed by atoms with Gasteiger partial charge < -0.3 is 19.7 Å². The summed E-state index contributed by atoms with van der Waals surface area (Å²) < 4.78 is 11.2. The molecule has 6 nitrogen and oxygen atoms in total. The van der Waals surface area contributed by atoms with Gasteiger partial charge in [-0.25, -0.2) is 0 Å². The highest BCUT2D eigenvalue weighted by atomic mass is 16.6. The second-order valence-corrected chi connectivity index (χ2v) is 7.38. The number of fused-ring (bicyclic) bond motifs is 1. The van der Waals surface area contributed by atoms with Crippen LogP contribution in [0.5, 0.6) is 11.5 Å². The van der Waals surface area contributed by atoms with Gasteiger partial charge in [-0.2, -0.15) is 0 Å².